The van der Waals surface area contributed by atoms with E-state index in [1.54, 1.807) is 0 Å². The molecule has 0 aromatic carbocycles. The summed E-state index contributed by atoms with van der Waals surface area (Å²) in [5.41, 5.74) is 0.238. The van der Waals surface area contributed by atoms with Crippen LogP contribution >= 0.6 is 0 Å². The van der Waals surface area contributed by atoms with Crippen LogP contribution in [0.2, 0.25) is 0 Å². The molecule has 0 spiro atoms. The Hall–Kier alpha value is 0.688. The summed E-state index contributed by atoms with van der Waals surface area (Å²) < 4.78 is 0. The molecule has 0 bridgehead atoms. The van der Waals surface area contributed by atoms with Crippen molar-refractivity contribution in [2.24, 2.45) is 17.3 Å². The molecule has 0 amide bonds. The number of rotatable bonds is 4. The minimum Gasteiger partial charge on any atom is -0.343 e. The molecule has 0 aliphatic heterocycles. The molecule has 0 N–H and O–H groups in total. The first-order valence-electron chi connectivity index (χ1n) is 4.59. The van der Waals surface area contributed by atoms with Crippen LogP contribution in [0.1, 0.15) is 40.5 Å². The van der Waals surface area contributed by atoms with Gasteiger partial charge in [-0.2, -0.15) is 11.8 Å². The minimum absolute atomic E-state index is 0. The zero-order chi connectivity index (χ0) is 9.07. The van der Waals surface area contributed by atoms with Crippen molar-refractivity contribution in [3.05, 3.63) is 13.8 Å². The van der Waals surface area contributed by atoms with Gasteiger partial charge in [0.15, 0.2) is 0 Å². The Morgan fingerprint density at radius 2 is 1.42 bits per heavy atom. The largest absolute Gasteiger partial charge is 2.00 e. The van der Waals surface area contributed by atoms with E-state index in [0.29, 0.717) is 11.8 Å². The molecule has 0 atom stereocenters. The van der Waals surface area contributed by atoms with Gasteiger partial charge in [0.1, 0.15) is 0 Å². The van der Waals surface area contributed by atoms with Crippen LogP contribution < -0.4 is 0 Å². The Labute approximate surface area is 92.8 Å². The van der Waals surface area contributed by atoms with Gasteiger partial charge in [0.05, 0.1) is 0 Å². The second-order valence-corrected chi connectivity index (χ2v) is 4.15. The van der Waals surface area contributed by atoms with Crippen molar-refractivity contribution < 1.29 is 21.1 Å². The molecule has 0 aromatic heterocycles. The van der Waals surface area contributed by atoms with Gasteiger partial charge in [0.25, 0.3) is 0 Å². The number of hydrogen-bond acceptors (Lipinski definition) is 0. The molecule has 0 unspecified atom stereocenters. The van der Waals surface area contributed by atoms with E-state index in [-0.39, 0.29) is 26.5 Å². The zero-order valence-electron chi connectivity index (χ0n) is 8.89. The van der Waals surface area contributed by atoms with Gasteiger partial charge in [0.2, 0.25) is 0 Å². The van der Waals surface area contributed by atoms with Crippen molar-refractivity contribution in [1.29, 1.82) is 0 Å². The fourth-order valence-corrected chi connectivity index (χ4v) is 1.57. The van der Waals surface area contributed by atoms with Gasteiger partial charge < -0.3 is 13.8 Å². The predicted molar refractivity (Wildman–Crippen MR) is 52.1 cm³/mol. The second-order valence-electron chi connectivity index (χ2n) is 4.15. The summed E-state index contributed by atoms with van der Waals surface area (Å²) >= 11 is 0. The standard InChI is InChI=1S/C11H22.W/c1-7-8-11(6,9(2)3)10(4)5;/h9-10H,1,6-8H2,2-5H3;/q-2;+2. The Bertz CT molecular complexity index is 97.6. The maximum atomic E-state index is 4.32. The molecule has 0 heterocycles. The Kier molecular flexibility index (Phi) is 7.83. The minimum atomic E-state index is 0. The third-order valence-electron chi connectivity index (χ3n) is 2.94. The van der Waals surface area contributed by atoms with Gasteiger partial charge >= 0.3 is 21.1 Å². The molecule has 0 fully saturated rings. The molecule has 0 aromatic rings. The quantitative estimate of drug-likeness (QED) is 0.686. The van der Waals surface area contributed by atoms with Crippen LogP contribution in [0.15, 0.2) is 0 Å². The summed E-state index contributed by atoms with van der Waals surface area (Å²) in [4.78, 5) is 0. The van der Waals surface area contributed by atoms with E-state index in [4.69, 9.17) is 0 Å². The molecule has 0 saturated carbocycles. The maximum absolute atomic E-state index is 4.32. The van der Waals surface area contributed by atoms with E-state index in [1.807, 2.05) is 0 Å². The second kappa shape index (κ2) is 6.19. The SMILES string of the molecule is [CH2-]CCC([CH2-])(C(C)C)C(C)C.[W+2]. The molecular formula is C11H22W. The summed E-state index contributed by atoms with van der Waals surface area (Å²) in [6, 6.07) is 0. The van der Waals surface area contributed by atoms with E-state index in [1.165, 1.54) is 0 Å². The number of hydrogen-bond donors (Lipinski definition) is 0. The van der Waals surface area contributed by atoms with E-state index in [9.17, 15) is 0 Å². The molecule has 0 nitrogen and oxygen atoms in total. The van der Waals surface area contributed by atoms with Gasteiger partial charge in [-0.1, -0.05) is 39.5 Å². The average molecular weight is 338 g/mol. The van der Waals surface area contributed by atoms with E-state index in [2.05, 4.69) is 41.5 Å². The fraction of sp³-hybridized carbons (Fsp3) is 0.818. The summed E-state index contributed by atoms with van der Waals surface area (Å²) in [6.45, 7) is 17.2. The van der Waals surface area contributed by atoms with Gasteiger partial charge in [0, 0.05) is 0 Å². The van der Waals surface area contributed by atoms with Gasteiger partial charge in [-0.25, -0.2) is 0 Å². The average Bonchev–Trinajstić information content (AvgIpc) is 1.87. The van der Waals surface area contributed by atoms with Crippen molar-refractivity contribution in [3.8, 4) is 0 Å². The fourth-order valence-electron chi connectivity index (χ4n) is 1.57. The molecule has 0 radical (unpaired) electrons. The van der Waals surface area contributed by atoms with E-state index in [0.717, 1.165) is 12.8 Å². The predicted octanol–water partition coefficient (Wildman–Crippen LogP) is 3.73. The van der Waals surface area contributed by atoms with Crippen LogP contribution in [0.3, 0.4) is 0 Å². The van der Waals surface area contributed by atoms with Crippen LogP contribution in [0.5, 0.6) is 0 Å². The Morgan fingerprint density at radius 1 is 1.08 bits per heavy atom. The summed E-state index contributed by atoms with van der Waals surface area (Å²) in [5.74, 6) is 1.31. The first kappa shape index (κ1) is 15.2. The van der Waals surface area contributed by atoms with Crippen molar-refractivity contribution in [2.75, 3.05) is 0 Å². The van der Waals surface area contributed by atoms with E-state index >= 15 is 0 Å². The smallest absolute Gasteiger partial charge is 0.343 e. The first-order valence-corrected chi connectivity index (χ1v) is 4.59. The first-order chi connectivity index (χ1) is 4.95. The normalized spacial score (nSPS) is 12.0. The molecule has 0 saturated heterocycles. The third-order valence-corrected chi connectivity index (χ3v) is 2.94. The van der Waals surface area contributed by atoms with E-state index < -0.39 is 0 Å². The maximum Gasteiger partial charge on any atom is 2.00 e. The molecule has 0 aliphatic rings. The van der Waals surface area contributed by atoms with Crippen LogP contribution in [0.25, 0.3) is 0 Å². The molecular weight excluding hydrogens is 316 g/mol. The topological polar surface area (TPSA) is 0 Å². The Morgan fingerprint density at radius 3 is 1.50 bits per heavy atom. The third kappa shape index (κ3) is 3.60. The summed E-state index contributed by atoms with van der Waals surface area (Å²) in [7, 11) is 0. The molecule has 12 heavy (non-hydrogen) atoms. The van der Waals surface area contributed by atoms with Crippen molar-refractivity contribution >= 4 is 0 Å². The summed E-state index contributed by atoms with van der Waals surface area (Å²) in [6.07, 6.45) is 2.14. The van der Waals surface area contributed by atoms with Gasteiger partial charge in [-0.3, -0.25) is 0 Å². The molecule has 0 aliphatic carbocycles. The van der Waals surface area contributed by atoms with Gasteiger partial charge in [-0.15, -0.1) is 6.42 Å². The van der Waals surface area contributed by atoms with Crippen LogP contribution in [0.4, 0.5) is 0 Å². The van der Waals surface area contributed by atoms with Crippen LogP contribution in [-0.4, -0.2) is 0 Å². The summed E-state index contributed by atoms with van der Waals surface area (Å²) in [5, 5.41) is 0. The molecule has 0 rings (SSSR count). The zero-order valence-corrected chi connectivity index (χ0v) is 11.8. The van der Waals surface area contributed by atoms with Crippen LogP contribution in [-0.2, 0) is 21.1 Å². The van der Waals surface area contributed by atoms with Gasteiger partial charge in [-0.05, 0) is 0 Å². The Balaban J connectivity index is 0. The molecule has 72 valence electrons. The van der Waals surface area contributed by atoms with Crippen molar-refractivity contribution in [3.63, 3.8) is 0 Å². The molecule has 1 heteroatoms. The van der Waals surface area contributed by atoms with Crippen LogP contribution in [0, 0.1) is 31.1 Å². The van der Waals surface area contributed by atoms with Crippen molar-refractivity contribution in [2.45, 2.75) is 40.5 Å². The van der Waals surface area contributed by atoms with Crippen molar-refractivity contribution in [1.82, 2.24) is 0 Å². The monoisotopic (exact) mass is 338 g/mol.